The second-order valence-corrected chi connectivity index (χ2v) is 7.76. The van der Waals surface area contributed by atoms with Gasteiger partial charge in [-0.1, -0.05) is 24.6 Å². The summed E-state index contributed by atoms with van der Waals surface area (Å²) < 4.78 is 37.4. The van der Waals surface area contributed by atoms with E-state index in [4.69, 9.17) is 21.7 Å². The van der Waals surface area contributed by atoms with Gasteiger partial charge in [0.15, 0.2) is 17.3 Å². The molecule has 2 aliphatic rings. The van der Waals surface area contributed by atoms with E-state index in [-0.39, 0.29) is 29.9 Å². The number of ether oxygens (including phenoxy) is 4. The van der Waals surface area contributed by atoms with Crippen LogP contribution in [0.25, 0.3) is 11.1 Å². The summed E-state index contributed by atoms with van der Waals surface area (Å²) in [5.41, 5.74) is 2.37. The summed E-state index contributed by atoms with van der Waals surface area (Å²) in [6, 6.07) is 9.06. The third-order valence-electron chi connectivity index (χ3n) is 6.20. The molecule has 0 atom stereocenters. The van der Waals surface area contributed by atoms with E-state index < -0.39 is 12.5 Å². The molecular formula is C24H26O6. The van der Waals surface area contributed by atoms with Gasteiger partial charge in [-0.25, -0.2) is 0 Å². The molecule has 0 unspecified atom stereocenters. The van der Waals surface area contributed by atoms with Gasteiger partial charge in [0.2, 0.25) is 5.75 Å². The van der Waals surface area contributed by atoms with Crippen LogP contribution in [0, 0.1) is 5.41 Å². The molecule has 0 amide bonds. The van der Waals surface area contributed by atoms with Gasteiger partial charge in [-0.15, -0.1) is 0 Å². The Morgan fingerprint density at radius 1 is 1.03 bits per heavy atom. The van der Waals surface area contributed by atoms with Gasteiger partial charge in [-0.2, -0.15) is 0 Å². The molecule has 0 aliphatic heterocycles. The number of esters is 1. The van der Waals surface area contributed by atoms with E-state index in [0.29, 0.717) is 42.6 Å². The van der Waals surface area contributed by atoms with E-state index in [1.54, 1.807) is 6.07 Å². The number of Topliss-reactive ketones (excluding diaryl/α,β-unsaturated/α-hetero) is 1. The molecule has 2 aromatic carbocycles. The Morgan fingerprint density at radius 3 is 2.50 bits per heavy atom. The molecule has 0 radical (unpaired) electrons. The molecule has 0 heterocycles. The van der Waals surface area contributed by atoms with Gasteiger partial charge in [0.25, 0.3) is 0 Å². The maximum Gasteiger partial charge on any atom is 0.315 e. The molecule has 4 rings (SSSR count). The highest BCUT2D eigenvalue weighted by molar-refractivity contribution is 6.02. The van der Waals surface area contributed by atoms with E-state index in [2.05, 4.69) is 0 Å². The van der Waals surface area contributed by atoms with Crippen LogP contribution in [0.5, 0.6) is 17.2 Å². The first-order valence-corrected chi connectivity index (χ1v) is 9.99. The molecule has 0 N–H and O–H groups in total. The van der Waals surface area contributed by atoms with Crippen LogP contribution in [0.3, 0.4) is 0 Å². The highest BCUT2D eigenvalue weighted by atomic mass is 16.5. The van der Waals surface area contributed by atoms with Crippen molar-refractivity contribution < 1.29 is 31.3 Å². The van der Waals surface area contributed by atoms with Crippen LogP contribution in [0.4, 0.5) is 0 Å². The Labute approximate surface area is 178 Å². The predicted molar refractivity (Wildman–Crippen MR) is 111 cm³/mol. The van der Waals surface area contributed by atoms with Gasteiger partial charge in [0.1, 0.15) is 12.0 Å². The van der Waals surface area contributed by atoms with Gasteiger partial charge in [0.05, 0.1) is 24.0 Å². The number of benzene rings is 2. The van der Waals surface area contributed by atoms with Crippen molar-refractivity contribution in [2.24, 2.45) is 5.41 Å². The minimum atomic E-state index is -1.61. The molecule has 30 heavy (non-hydrogen) atoms. The minimum Gasteiger partial charge on any atom is -0.493 e. The number of hydrogen-bond donors (Lipinski definition) is 0. The highest BCUT2D eigenvalue weighted by Gasteiger charge is 2.46. The zero-order valence-corrected chi connectivity index (χ0v) is 17.2. The van der Waals surface area contributed by atoms with Crippen LogP contribution in [0.15, 0.2) is 30.3 Å². The van der Waals surface area contributed by atoms with Crippen LogP contribution in [0.2, 0.25) is 0 Å². The Kier molecular flexibility index (Phi) is 4.76. The van der Waals surface area contributed by atoms with Crippen LogP contribution in [-0.2, 0) is 16.0 Å². The quantitative estimate of drug-likeness (QED) is 0.634. The number of ketones is 1. The minimum absolute atomic E-state index is 0.0742. The summed E-state index contributed by atoms with van der Waals surface area (Å²) in [5, 5.41) is 0. The van der Waals surface area contributed by atoms with Crippen molar-refractivity contribution in [2.45, 2.75) is 32.1 Å². The van der Waals surface area contributed by atoms with E-state index in [0.717, 1.165) is 17.5 Å². The van der Waals surface area contributed by atoms with E-state index >= 15 is 0 Å². The number of carbonyl (C=O) groups excluding carboxylic acids is 2. The normalized spacial score (nSPS) is 17.5. The molecule has 0 aromatic heterocycles. The van der Waals surface area contributed by atoms with Gasteiger partial charge in [-0.3, -0.25) is 9.59 Å². The maximum atomic E-state index is 12.4. The topological polar surface area (TPSA) is 71.1 Å². The Hall–Kier alpha value is -3.02. The lowest BCUT2D eigenvalue weighted by Gasteiger charge is -2.38. The van der Waals surface area contributed by atoms with E-state index in [9.17, 15) is 9.59 Å². The predicted octanol–water partition coefficient (Wildman–Crippen LogP) is 4.22. The molecule has 1 saturated carbocycles. The first-order chi connectivity index (χ1) is 15.4. The van der Waals surface area contributed by atoms with Crippen molar-refractivity contribution in [3.05, 3.63) is 41.5 Å². The van der Waals surface area contributed by atoms with Crippen molar-refractivity contribution in [1.29, 1.82) is 0 Å². The van der Waals surface area contributed by atoms with Crippen LogP contribution in [-0.4, -0.2) is 39.6 Å². The summed E-state index contributed by atoms with van der Waals surface area (Å²) in [4.78, 5) is 24.7. The summed E-state index contributed by atoms with van der Waals surface area (Å²) >= 11 is 0. The van der Waals surface area contributed by atoms with Gasteiger partial charge in [0, 0.05) is 17.5 Å². The van der Waals surface area contributed by atoms with E-state index in [1.807, 2.05) is 24.3 Å². The molecule has 0 spiro atoms. The number of fused-ring (bicyclic) bond motifs is 1. The average molecular weight is 412 g/mol. The van der Waals surface area contributed by atoms with Crippen molar-refractivity contribution in [2.75, 3.05) is 27.9 Å². The summed E-state index contributed by atoms with van der Waals surface area (Å²) in [5.74, 6) is 0.516. The molecule has 0 saturated heterocycles. The lowest BCUT2D eigenvalue weighted by Crippen LogP contribution is -2.44. The molecule has 2 aliphatic carbocycles. The molecule has 0 bridgehead atoms. The monoisotopic (exact) mass is 412 g/mol. The average Bonchev–Trinajstić information content (AvgIpc) is 3.14. The fourth-order valence-corrected chi connectivity index (χ4v) is 4.35. The molecule has 1 fully saturated rings. The lowest BCUT2D eigenvalue weighted by molar-refractivity contribution is -0.161. The highest BCUT2D eigenvalue weighted by Crippen LogP contribution is 2.49. The van der Waals surface area contributed by atoms with Crippen LogP contribution in [0.1, 0.15) is 44.3 Å². The Balaban J connectivity index is 1.82. The number of hydrogen-bond acceptors (Lipinski definition) is 6. The third-order valence-corrected chi connectivity index (χ3v) is 6.20. The second kappa shape index (κ2) is 8.01. The first kappa shape index (κ1) is 17.8. The van der Waals surface area contributed by atoms with Gasteiger partial charge < -0.3 is 18.9 Å². The molecule has 2 aromatic rings. The largest absolute Gasteiger partial charge is 0.493 e. The maximum absolute atomic E-state index is 12.4. The zero-order valence-electron chi connectivity index (χ0n) is 19.2. The van der Waals surface area contributed by atoms with Crippen molar-refractivity contribution in [3.8, 4) is 28.4 Å². The van der Waals surface area contributed by atoms with Crippen molar-refractivity contribution in [3.63, 3.8) is 0 Å². The fraction of sp³-hybridized carbons (Fsp3) is 0.417. The Bertz CT molecular complexity index is 1050. The molecule has 158 valence electrons. The van der Waals surface area contributed by atoms with Gasteiger partial charge in [-0.05, 0) is 42.5 Å². The standard InChI is InChI=1S/C24H26O6/c1-27-20-11-9-18(15-6-4-7-17-16(15)8-10-19(17)25)21(22(20)28-2)30-14-24(12-5-13-24)23(26)29-3/h4,6-7,9,11H,5,8,10,12-14H2,1-3H3/i2D2. The van der Waals surface area contributed by atoms with Crippen LogP contribution < -0.4 is 14.2 Å². The lowest BCUT2D eigenvalue weighted by atomic mass is 9.69. The molecule has 6 nitrogen and oxygen atoms in total. The number of rotatable bonds is 7. The zero-order chi connectivity index (χ0) is 22.9. The molecule has 6 heteroatoms. The third kappa shape index (κ3) is 3.20. The first-order valence-electron chi connectivity index (χ1n) is 11.1. The number of methoxy groups -OCH3 is 3. The van der Waals surface area contributed by atoms with Crippen LogP contribution >= 0.6 is 0 Å². The summed E-state index contributed by atoms with van der Waals surface area (Å²) in [7, 11) is 1.22. The van der Waals surface area contributed by atoms with Gasteiger partial charge >= 0.3 is 5.97 Å². The summed E-state index contributed by atoms with van der Waals surface area (Å²) in [6.45, 7) is 0.0742. The van der Waals surface area contributed by atoms with Crippen molar-refractivity contribution >= 4 is 11.8 Å². The van der Waals surface area contributed by atoms with E-state index in [1.165, 1.54) is 14.2 Å². The fourth-order valence-electron chi connectivity index (χ4n) is 4.35. The van der Waals surface area contributed by atoms with Crippen molar-refractivity contribution in [1.82, 2.24) is 0 Å². The smallest absolute Gasteiger partial charge is 0.315 e. The Morgan fingerprint density at radius 2 is 1.83 bits per heavy atom. The second-order valence-electron chi connectivity index (χ2n) is 7.76. The number of carbonyl (C=O) groups is 2. The molecular weight excluding hydrogens is 384 g/mol. The SMILES string of the molecule is [2H]C([2H])Oc1c(OC)ccc(-c2cccc3c2CCC3=O)c1OCC1(C(=O)OC)CCC1. The summed E-state index contributed by atoms with van der Waals surface area (Å²) in [6.07, 6.45) is 3.29.